The van der Waals surface area contributed by atoms with E-state index in [1.165, 1.54) is 6.07 Å². The molecule has 1 saturated carbocycles. The van der Waals surface area contributed by atoms with E-state index >= 15 is 0 Å². The van der Waals surface area contributed by atoms with Gasteiger partial charge in [-0.3, -0.25) is 10.1 Å². The van der Waals surface area contributed by atoms with Crippen LogP contribution >= 0.6 is 0 Å². The number of rotatable bonds is 3. The maximum Gasteiger partial charge on any atom is 0.423 e. The zero-order valence-corrected chi connectivity index (χ0v) is 11.1. The topological polar surface area (TPSA) is 75.4 Å². The predicted octanol–water partition coefficient (Wildman–Crippen LogP) is 3.68. The van der Waals surface area contributed by atoms with Crippen molar-refractivity contribution in [2.24, 2.45) is 0 Å². The van der Waals surface area contributed by atoms with Crippen LogP contribution in [0.25, 0.3) is 0 Å². The van der Waals surface area contributed by atoms with E-state index in [4.69, 9.17) is 0 Å². The molecule has 0 bridgehead atoms. The Labute approximate surface area is 118 Å². The Balaban J connectivity index is 2.31. The molecule has 0 aromatic heterocycles. The number of halogens is 3. The summed E-state index contributed by atoms with van der Waals surface area (Å²) in [6, 6.07) is 2.65. The molecule has 0 atom stereocenters. The van der Waals surface area contributed by atoms with Crippen LogP contribution in [-0.2, 0) is 6.18 Å². The van der Waals surface area contributed by atoms with Crippen molar-refractivity contribution in [2.45, 2.75) is 44.0 Å². The van der Waals surface area contributed by atoms with Crippen molar-refractivity contribution in [1.82, 2.24) is 0 Å². The van der Waals surface area contributed by atoms with Crippen molar-refractivity contribution in [3.05, 3.63) is 33.9 Å². The van der Waals surface area contributed by atoms with Gasteiger partial charge in [0, 0.05) is 11.8 Å². The quantitative estimate of drug-likeness (QED) is 0.507. The van der Waals surface area contributed by atoms with Gasteiger partial charge in [0.2, 0.25) is 0 Å². The molecule has 1 aromatic rings. The Bertz CT molecular complexity index is 540. The molecule has 0 radical (unpaired) electrons. The summed E-state index contributed by atoms with van der Waals surface area (Å²) in [5, 5.41) is 23.6. The fourth-order valence-electron chi connectivity index (χ4n) is 2.53. The molecule has 1 aliphatic carbocycles. The van der Waals surface area contributed by atoms with Crippen LogP contribution < -0.4 is 5.32 Å². The summed E-state index contributed by atoms with van der Waals surface area (Å²) < 4.78 is 38.6. The second-order valence-corrected chi connectivity index (χ2v) is 5.20. The van der Waals surface area contributed by atoms with E-state index in [2.05, 4.69) is 5.32 Å². The number of anilines is 1. The van der Waals surface area contributed by atoms with Crippen LogP contribution in [0, 0.1) is 10.1 Å². The van der Waals surface area contributed by atoms with Crippen molar-refractivity contribution in [3.8, 4) is 0 Å². The molecular weight excluding hydrogens is 289 g/mol. The first kappa shape index (κ1) is 15.6. The predicted molar refractivity (Wildman–Crippen MR) is 69.8 cm³/mol. The molecule has 0 heterocycles. The number of nitro benzene ring substituents is 1. The van der Waals surface area contributed by atoms with Crippen LogP contribution in [-0.4, -0.2) is 15.8 Å². The maximum atomic E-state index is 12.9. The largest absolute Gasteiger partial charge is 0.423 e. The number of hydrogen-bond acceptors (Lipinski definition) is 4. The third kappa shape index (κ3) is 3.63. The first-order chi connectivity index (χ1) is 9.71. The van der Waals surface area contributed by atoms with Gasteiger partial charge in [-0.25, -0.2) is 0 Å². The van der Waals surface area contributed by atoms with Crippen LogP contribution in [0.3, 0.4) is 0 Å². The Morgan fingerprint density at radius 3 is 2.38 bits per heavy atom. The van der Waals surface area contributed by atoms with Crippen molar-refractivity contribution >= 4 is 11.4 Å². The summed E-state index contributed by atoms with van der Waals surface area (Å²) in [6.07, 6.45) is -1.42. The first-order valence-electron chi connectivity index (χ1n) is 6.57. The number of alkyl halides is 3. The molecule has 1 fully saturated rings. The van der Waals surface area contributed by atoms with Crippen LogP contribution in [0.15, 0.2) is 18.2 Å². The molecule has 0 saturated heterocycles. The Morgan fingerprint density at radius 2 is 1.86 bits per heavy atom. The maximum absolute atomic E-state index is 12.9. The van der Waals surface area contributed by atoms with Crippen molar-refractivity contribution in [2.75, 3.05) is 5.32 Å². The number of benzene rings is 1. The summed E-state index contributed by atoms with van der Waals surface area (Å²) >= 11 is 0. The SMILES string of the molecule is O=[N+]([O-])c1ccc(NC2(O)CCCCC2)cc1C(F)(F)F. The first-order valence-corrected chi connectivity index (χ1v) is 6.57. The minimum absolute atomic E-state index is 0.0253. The van der Waals surface area contributed by atoms with Gasteiger partial charge in [0.25, 0.3) is 5.69 Å². The number of hydrogen-bond donors (Lipinski definition) is 2. The summed E-state index contributed by atoms with van der Waals surface area (Å²) in [4.78, 5) is 9.60. The lowest BCUT2D eigenvalue weighted by Gasteiger charge is -2.34. The highest BCUT2D eigenvalue weighted by molar-refractivity contribution is 5.56. The third-order valence-electron chi connectivity index (χ3n) is 3.56. The van der Waals surface area contributed by atoms with Gasteiger partial charge in [0.1, 0.15) is 11.3 Å². The van der Waals surface area contributed by atoms with Crippen LogP contribution in [0.2, 0.25) is 0 Å². The van der Waals surface area contributed by atoms with Gasteiger partial charge in [-0.15, -0.1) is 0 Å². The molecule has 21 heavy (non-hydrogen) atoms. The monoisotopic (exact) mass is 304 g/mol. The zero-order chi connectivity index (χ0) is 15.7. The molecule has 2 N–H and O–H groups in total. The number of nitrogens with zero attached hydrogens (tertiary/aromatic N) is 1. The van der Waals surface area contributed by atoms with Gasteiger partial charge in [0.15, 0.2) is 0 Å². The van der Waals surface area contributed by atoms with Gasteiger partial charge in [-0.2, -0.15) is 13.2 Å². The number of nitro groups is 1. The molecule has 8 heteroatoms. The summed E-state index contributed by atoms with van der Waals surface area (Å²) in [6.45, 7) is 0. The fourth-order valence-corrected chi connectivity index (χ4v) is 2.53. The highest BCUT2D eigenvalue weighted by Gasteiger charge is 2.39. The van der Waals surface area contributed by atoms with Gasteiger partial charge < -0.3 is 10.4 Å². The highest BCUT2D eigenvalue weighted by atomic mass is 19.4. The summed E-state index contributed by atoms with van der Waals surface area (Å²) in [5.74, 6) is 0. The van der Waals surface area contributed by atoms with E-state index in [9.17, 15) is 28.4 Å². The molecule has 0 amide bonds. The Kier molecular flexibility index (Phi) is 4.08. The van der Waals surface area contributed by atoms with Gasteiger partial charge >= 0.3 is 6.18 Å². The average Bonchev–Trinajstić information content (AvgIpc) is 2.37. The Hall–Kier alpha value is -1.83. The molecular formula is C13H15F3N2O3. The molecule has 1 aromatic carbocycles. The summed E-state index contributed by atoms with van der Waals surface area (Å²) in [5.41, 5.74) is -3.55. The van der Waals surface area contributed by atoms with Gasteiger partial charge in [0.05, 0.1) is 4.92 Å². The molecule has 2 rings (SSSR count). The average molecular weight is 304 g/mol. The molecule has 1 aliphatic rings. The summed E-state index contributed by atoms with van der Waals surface area (Å²) in [7, 11) is 0. The van der Waals surface area contributed by atoms with E-state index in [1.54, 1.807) is 0 Å². The Morgan fingerprint density at radius 1 is 1.24 bits per heavy atom. The second-order valence-electron chi connectivity index (χ2n) is 5.20. The number of nitrogens with one attached hydrogen (secondary N) is 1. The van der Waals surface area contributed by atoms with Crippen molar-refractivity contribution < 1.29 is 23.2 Å². The lowest BCUT2D eigenvalue weighted by Crippen LogP contribution is -2.39. The molecule has 0 aliphatic heterocycles. The lowest BCUT2D eigenvalue weighted by atomic mass is 9.91. The fraction of sp³-hybridized carbons (Fsp3) is 0.538. The van der Waals surface area contributed by atoms with E-state index < -0.39 is 28.1 Å². The van der Waals surface area contributed by atoms with E-state index in [1.807, 2.05) is 0 Å². The van der Waals surface area contributed by atoms with Gasteiger partial charge in [-0.05, 0) is 37.8 Å². The highest BCUT2D eigenvalue weighted by Crippen LogP contribution is 2.38. The second kappa shape index (κ2) is 5.51. The van der Waals surface area contributed by atoms with Crippen LogP contribution in [0.4, 0.5) is 24.5 Å². The van der Waals surface area contributed by atoms with E-state index in [0.29, 0.717) is 18.9 Å². The normalized spacial score (nSPS) is 18.3. The van der Waals surface area contributed by atoms with Crippen molar-refractivity contribution in [3.63, 3.8) is 0 Å². The zero-order valence-electron chi connectivity index (χ0n) is 11.1. The lowest BCUT2D eigenvalue weighted by molar-refractivity contribution is -0.388. The van der Waals surface area contributed by atoms with Crippen LogP contribution in [0.1, 0.15) is 37.7 Å². The molecule has 0 spiro atoms. The molecule has 5 nitrogen and oxygen atoms in total. The van der Waals surface area contributed by atoms with Crippen LogP contribution in [0.5, 0.6) is 0 Å². The minimum Gasteiger partial charge on any atom is -0.371 e. The van der Waals surface area contributed by atoms with E-state index in [-0.39, 0.29) is 5.69 Å². The molecule has 0 unspecified atom stereocenters. The van der Waals surface area contributed by atoms with Crippen molar-refractivity contribution in [1.29, 1.82) is 0 Å². The third-order valence-corrected chi connectivity index (χ3v) is 3.56. The molecule has 116 valence electrons. The van der Waals surface area contributed by atoms with Gasteiger partial charge in [-0.1, -0.05) is 6.42 Å². The van der Waals surface area contributed by atoms with E-state index in [0.717, 1.165) is 25.3 Å². The smallest absolute Gasteiger partial charge is 0.371 e. The standard InChI is InChI=1S/C13H15F3N2O3/c14-13(15,16)10-8-9(4-5-11(10)18(20)21)17-12(19)6-2-1-3-7-12/h4-5,8,17,19H,1-3,6-7H2. The number of aliphatic hydroxyl groups is 1. The minimum atomic E-state index is -4.82.